The normalized spacial score (nSPS) is 24.6. The molecular formula is C13H18N4. The van der Waals surface area contributed by atoms with Gasteiger partial charge in [-0.15, -0.1) is 0 Å². The molecule has 0 spiro atoms. The van der Waals surface area contributed by atoms with Crippen molar-refractivity contribution < 1.29 is 0 Å². The maximum atomic E-state index is 4.67. The standard InChI is InChI=1S/C13H18N4/c1-3-13(4-5-14-8-13)12-16-10-6-9(2)7-15-11(10)17-12/h6-7,14H,3-5,8H2,1-2H3,(H,15,16,17). The summed E-state index contributed by atoms with van der Waals surface area (Å²) in [5, 5.41) is 3.44. The van der Waals surface area contributed by atoms with Gasteiger partial charge in [0.05, 0.1) is 5.52 Å². The molecule has 4 heteroatoms. The first-order chi connectivity index (χ1) is 8.23. The van der Waals surface area contributed by atoms with E-state index < -0.39 is 0 Å². The fourth-order valence-electron chi connectivity index (χ4n) is 2.67. The Balaban J connectivity index is 2.11. The van der Waals surface area contributed by atoms with Crippen molar-refractivity contribution >= 4 is 11.2 Å². The summed E-state index contributed by atoms with van der Waals surface area (Å²) < 4.78 is 0. The Morgan fingerprint density at radius 2 is 2.35 bits per heavy atom. The zero-order valence-corrected chi connectivity index (χ0v) is 10.4. The SMILES string of the molecule is CCC1(c2nc3ncc(C)cc3[nH]2)CCNC1. The maximum Gasteiger partial charge on any atom is 0.177 e. The molecule has 3 rings (SSSR count). The first-order valence-electron chi connectivity index (χ1n) is 6.27. The lowest BCUT2D eigenvalue weighted by Gasteiger charge is -2.23. The number of hydrogen-bond acceptors (Lipinski definition) is 3. The van der Waals surface area contributed by atoms with Crippen LogP contribution in [-0.2, 0) is 5.41 Å². The Bertz CT molecular complexity index is 537. The van der Waals surface area contributed by atoms with Gasteiger partial charge in [0.1, 0.15) is 5.82 Å². The number of H-pyrrole nitrogens is 1. The van der Waals surface area contributed by atoms with Crippen LogP contribution in [0.4, 0.5) is 0 Å². The summed E-state index contributed by atoms with van der Waals surface area (Å²) >= 11 is 0. The lowest BCUT2D eigenvalue weighted by molar-refractivity contribution is 0.430. The van der Waals surface area contributed by atoms with Crippen molar-refractivity contribution in [2.45, 2.75) is 32.1 Å². The molecule has 3 heterocycles. The summed E-state index contributed by atoms with van der Waals surface area (Å²) in [6.07, 6.45) is 4.14. The van der Waals surface area contributed by atoms with Crippen molar-refractivity contribution in [1.29, 1.82) is 0 Å². The van der Waals surface area contributed by atoms with Crippen molar-refractivity contribution in [3.05, 3.63) is 23.7 Å². The van der Waals surface area contributed by atoms with Crippen molar-refractivity contribution in [3.63, 3.8) is 0 Å². The van der Waals surface area contributed by atoms with E-state index in [1.54, 1.807) is 0 Å². The Hall–Kier alpha value is -1.42. The van der Waals surface area contributed by atoms with E-state index in [1.807, 2.05) is 6.20 Å². The summed E-state index contributed by atoms with van der Waals surface area (Å²) in [4.78, 5) is 12.5. The van der Waals surface area contributed by atoms with Gasteiger partial charge in [-0.3, -0.25) is 0 Å². The third-order valence-electron chi connectivity index (χ3n) is 3.90. The Morgan fingerprint density at radius 1 is 1.47 bits per heavy atom. The third kappa shape index (κ3) is 1.63. The lowest BCUT2D eigenvalue weighted by atomic mass is 9.83. The van der Waals surface area contributed by atoms with E-state index >= 15 is 0 Å². The zero-order chi connectivity index (χ0) is 11.9. The fourth-order valence-corrected chi connectivity index (χ4v) is 2.67. The quantitative estimate of drug-likeness (QED) is 0.828. The van der Waals surface area contributed by atoms with Crippen LogP contribution in [0, 0.1) is 6.92 Å². The van der Waals surface area contributed by atoms with Crippen molar-refractivity contribution in [2.75, 3.05) is 13.1 Å². The first kappa shape index (κ1) is 10.7. The third-order valence-corrected chi connectivity index (χ3v) is 3.90. The number of nitrogens with one attached hydrogen (secondary N) is 2. The van der Waals surface area contributed by atoms with Gasteiger partial charge < -0.3 is 10.3 Å². The molecule has 0 aliphatic carbocycles. The number of aromatic amines is 1. The molecule has 17 heavy (non-hydrogen) atoms. The van der Waals surface area contributed by atoms with E-state index in [2.05, 4.69) is 40.2 Å². The van der Waals surface area contributed by atoms with Gasteiger partial charge in [0, 0.05) is 18.2 Å². The minimum Gasteiger partial charge on any atom is -0.340 e. The van der Waals surface area contributed by atoms with Crippen LogP contribution in [0.3, 0.4) is 0 Å². The van der Waals surface area contributed by atoms with E-state index in [0.29, 0.717) is 0 Å². The molecule has 90 valence electrons. The van der Waals surface area contributed by atoms with Gasteiger partial charge >= 0.3 is 0 Å². The molecule has 2 aromatic rings. The van der Waals surface area contributed by atoms with E-state index in [9.17, 15) is 0 Å². The predicted octanol–water partition coefficient (Wildman–Crippen LogP) is 1.91. The van der Waals surface area contributed by atoms with Crippen LogP contribution in [0.15, 0.2) is 12.3 Å². The minimum atomic E-state index is 0.175. The van der Waals surface area contributed by atoms with Crippen LogP contribution in [0.1, 0.15) is 31.2 Å². The minimum absolute atomic E-state index is 0.175. The molecule has 1 aliphatic rings. The molecule has 0 aromatic carbocycles. The van der Waals surface area contributed by atoms with Crippen LogP contribution in [0.2, 0.25) is 0 Å². The number of nitrogens with zero attached hydrogens (tertiary/aromatic N) is 2. The second kappa shape index (κ2) is 3.81. The van der Waals surface area contributed by atoms with Gasteiger partial charge in [-0.2, -0.15) is 0 Å². The molecule has 0 saturated carbocycles. The highest BCUT2D eigenvalue weighted by molar-refractivity contribution is 5.71. The average Bonchev–Trinajstić information content (AvgIpc) is 2.94. The molecule has 0 amide bonds. The Labute approximate surface area is 101 Å². The number of aryl methyl sites for hydroxylation is 1. The highest BCUT2D eigenvalue weighted by Gasteiger charge is 2.36. The largest absolute Gasteiger partial charge is 0.340 e. The second-order valence-corrected chi connectivity index (χ2v) is 5.03. The lowest BCUT2D eigenvalue weighted by Crippen LogP contribution is -2.29. The van der Waals surface area contributed by atoms with Crippen LogP contribution in [0.5, 0.6) is 0 Å². The molecule has 1 aliphatic heterocycles. The molecule has 4 nitrogen and oxygen atoms in total. The average molecular weight is 230 g/mol. The molecule has 1 unspecified atom stereocenters. The topological polar surface area (TPSA) is 53.6 Å². The molecule has 2 aromatic heterocycles. The number of fused-ring (bicyclic) bond motifs is 1. The highest BCUT2D eigenvalue weighted by Crippen LogP contribution is 2.32. The van der Waals surface area contributed by atoms with Crippen molar-refractivity contribution in [2.24, 2.45) is 0 Å². The highest BCUT2D eigenvalue weighted by atomic mass is 15.0. The van der Waals surface area contributed by atoms with Gasteiger partial charge in [-0.25, -0.2) is 9.97 Å². The number of pyridine rings is 1. The summed E-state index contributed by atoms with van der Waals surface area (Å²) in [5.74, 6) is 1.10. The molecule has 2 N–H and O–H groups in total. The molecule has 1 saturated heterocycles. The molecule has 1 atom stereocenters. The monoisotopic (exact) mass is 230 g/mol. The summed E-state index contributed by atoms with van der Waals surface area (Å²) in [6.45, 7) is 6.39. The van der Waals surface area contributed by atoms with E-state index in [-0.39, 0.29) is 5.41 Å². The van der Waals surface area contributed by atoms with Gasteiger partial charge in [0.25, 0.3) is 0 Å². The van der Waals surface area contributed by atoms with Gasteiger partial charge in [0.2, 0.25) is 0 Å². The van der Waals surface area contributed by atoms with Gasteiger partial charge in [-0.05, 0) is 37.9 Å². The molecule has 1 fully saturated rings. The molecule has 0 bridgehead atoms. The summed E-state index contributed by atoms with van der Waals surface area (Å²) in [5.41, 5.74) is 3.24. The van der Waals surface area contributed by atoms with Crippen LogP contribution >= 0.6 is 0 Å². The van der Waals surface area contributed by atoms with E-state index in [4.69, 9.17) is 0 Å². The van der Waals surface area contributed by atoms with Gasteiger partial charge in [0.15, 0.2) is 5.65 Å². The molecular weight excluding hydrogens is 212 g/mol. The number of hydrogen-bond donors (Lipinski definition) is 2. The Morgan fingerprint density at radius 3 is 3.06 bits per heavy atom. The fraction of sp³-hybridized carbons (Fsp3) is 0.538. The van der Waals surface area contributed by atoms with Crippen LogP contribution < -0.4 is 5.32 Å². The van der Waals surface area contributed by atoms with E-state index in [1.165, 1.54) is 5.56 Å². The predicted molar refractivity (Wildman–Crippen MR) is 68.1 cm³/mol. The smallest absolute Gasteiger partial charge is 0.177 e. The number of imidazole rings is 1. The Kier molecular flexibility index (Phi) is 2.40. The number of rotatable bonds is 2. The van der Waals surface area contributed by atoms with Gasteiger partial charge in [-0.1, -0.05) is 6.92 Å². The molecule has 0 radical (unpaired) electrons. The number of aromatic nitrogens is 3. The van der Waals surface area contributed by atoms with Crippen molar-refractivity contribution in [1.82, 2.24) is 20.3 Å². The summed E-state index contributed by atoms with van der Waals surface area (Å²) in [7, 11) is 0. The zero-order valence-electron chi connectivity index (χ0n) is 10.4. The van der Waals surface area contributed by atoms with Crippen LogP contribution in [-0.4, -0.2) is 28.0 Å². The maximum absolute atomic E-state index is 4.67. The second-order valence-electron chi connectivity index (χ2n) is 5.03. The van der Waals surface area contributed by atoms with E-state index in [0.717, 1.165) is 42.9 Å². The summed E-state index contributed by atoms with van der Waals surface area (Å²) in [6, 6.07) is 2.12. The first-order valence-corrected chi connectivity index (χ1v) is 6.27. The van der Waals surface area contributed by atoms with Crippen molar-refractivity contribution in [3.8, 4) is 0 Å². The van der Waals surface area contributed by atoms with Crippen LogP contribution in [0.25, 0.3) is 11.2 Å².